The number of allylic oxidation sites excluding steroid dienone is 4. The van der Waals surface area contributed by atoms with E-state index in [4.69, 9.17) is 11.6 Å². The topological polar surface area (TPSA) is 57.5 Å². The Kier molecular flexibility index (Phi) is 6.47. The first-order valence-corrected chi connectivity index (χ1v) is 9.96. The molecule has 0 radical (unpaired) electrons. The van der Waals surface area contributed by atoms with Crippen LogP contribution < -0.4 is 0 Å². The zero-order valence-corrected chi connectivity index (χ0v) is 17.9. The maximum atomic E-state index is 12.2. The molecular weight excluding hydrogens is 360 g/mol. The summed E-state index contributed by atoms with van der Waals surface area (Å²) >= 11 is 6.17. The molecule has 1 aromatic carbocycles. The normalized spacial score (nSPS) is 26.8. The lowest BCUT2D eigenvalue weighted by atomic mass is 9.61. The molecule has 4 heteroatoms. The highest BCUT2D eigenvalue weighted by Crippen LogP contribution is 2.45. The first kappa shape index (κ1) is 21.6. The molecule has 1 fully saturated rings. The van der Waals surface area contributed by atoms with Crippen LogP contribution >= 0.6 is 11.6 Å². The molecule has 0 aliphatic heterocycles. The number of benzene rings is 1. The molecule has 3 nitrogen and oxygen atoms in total. The second kappa shape index (κ2) is 8.10. The zero-order valence-electron chi connectivity index (χ0n) is 17.2. The van der Waals surface area contributed by atoms with E-state index in [1.807, 2.05) is 26.0 Å². The van der Waals surface area contributed by atoms with Crippen LogP contribution in [0.15, 0.2) is 23.8 Å². The Bertz CT molecular complexity index is 777. The summed E-state index contributed by atoms with van der Waals surface area (Å²) < 4.78 is 0. The monoisotopic (exact) mass is 390 g/mol. The molecule has 3 atom stereocenters. The number of halogens is 1. The molecule has 3 unspecified atom stereocenters. The number of carbonyl (C=O) groups excluding carboxylic acids is 1. The predicted molar refractivity (Wildman–Crippen MR) is 112 cm³/mol. The van der Waals surface area contributed by atoms with Crippen LogP contribution in [-0.4, -0.2) is 16.0 Å². The fraction of sp³-hybridized carbons (Fsp3) is 0.522. The third-order valence-corrected chi connectivity index (χ3v) is 7.12. The van der Waals surface area contributed by atoms with E-state index in [1.54, 1.807) is 13.8 Å². The summed E-state index contributed by atoms with van der Waals surface area (Å²) in [4.78, 5) is 12.2. The van der Waals surface area contributed by atoms with Crippen LogP contribution in [0, 0.1) is 31.1 Å². The number of rotatable bonds is 4. The van der Waals surface area contributed by atoms with Crippen molar-refractivity contribution in [3.05, 3.63) is 45.5 Å². The first-order chi connectivity index (χ1) is 12.5. The second-order valence-corrected chi connectivity index (χ2v) is 8.60. The Morgan fingerprint density at radius 1 is 1.22 bits per heavy atom. The molecule has 0 bridgehead atoms. The molecule has 2 N–H and O–H groups in total. The standard InChI is InChI=1S/C23H31ClO3/c1-13(11-12-23(6)14(2)8-10-19(25)17(23)5)7-9-18-21(26)16(4)15(3)20(24)22(18)27/h7,11-12,14,17,26-27H,8-10H2,1-6H3/b12-11+,13-7+. The van der Waals surface area contributed by atoms with E-state index in [0.717, 1.165) is 12.0 Å². The van der Waals surface area contributed by atoms with E-state index < -0.39 is 0 Å². The van der Waals surface area contributed by atoms with Crippen LogP contribution in [0.4, 0.5) is 0 Å². The van der Waals surface area contributed by atoms with Gasteiger partial charge in [0.25, 0.3) is 0 Å². The molecule has 0 amide bonds. The van der Waals surface area contributed by atoms with E-state index in [9.17, 15) is 15.0 Å². The van der Waals surface area contributed by atoms with Gasteiger partial charge >= 0.3 is 0 Å². The summed E-state index contributed by atoms with van der Waals surface area (Å²) in [5, 5.41) is 20.9. The Morgan fingerprint density at radius 3 is 2.48 bits per heavy atom. The van der Waals surface area contributed by atoms with Gasteiger partial charge in [-0.2, -0.15) is 0 Å². The lowest BCUT2D eigenvalue weighted by Crippen LogP contribution is -2.40. The van der Waals surface area contributed by atoms with E-state index in [-0.39, 0.29) is 27.9 Å². The van der Waals surface area contributed by atoms with Crippen molar-refractivity contribution in [2.45, 2.75) is 60.8 Å². The molecule has 1 saturated carbocycles. The van der Waals surface area contributed by atoms with Gasteiger partial charge in [0.15, 0.2) is 0 Å². The van der Waals surface area contributed by atoms with Crippen molar-refractivity contribution in [1.82, 2.24) is 0 Å². The van der Waals surface area contributed by atoms with E-state index in [1.165, 1.54) is 0 Å². The molecule has 0 aromatic heterocycles. The number of carbonyl (C=O) groups is 1. The highest BCUT2D eigenvalue weighted by molar-refractivity contribution is 6.33. The van der Waals surface area contributed by atoms with Crippen LogP contribution in [-0.2, 0) is 11.2 Å². The number of hydrogen-bond donors (Lipinski definition) is 2. The van der Waals surface area contributed by atoms with Crippen LogP contribution in [0.5, 0.6) is 11.5 Å². The van der Waals surface area contributed by atoms with Crippen LogP contribution in [0.1, 0.15) is 57.2 Å². The number of Topliss-reactive ketones (excluding diaryl/α,β-unsaturated/α-hetero) is 1. The van der Waals surface area contributed by atoms with Crippen molar-refractivity contribution in [1.29, 1.82) is 0 Å². The maximum Gasteiger partial charge on any atom is 0.141 e. The molecule has 27 heavy (non-hydrogen) atoms. The minimum absolute atomic E-state index is 0.0111. The Morgan fingerprint density at radius 2 is 1.85 bits per heavy atom. The quantitative estimate of drug-likeness (QED) is 0.615. The van der Waals surface area contributed by atoms with Gasteiger partial charge in [0.1, 0.15) is 17.3 Å². The lowest BCUT2D eigenvalue weighted by Gasteiger charge is -2.42. The van der Waals surface area contributed by atoms with Gasteiger partial charge in [0.2, 0.25) is 0 Å². The third kappa shape index (κ3) is 4.08. The summed E-state index contributed by atoms with van der Waals surface area (Å²) in [6.45, 7) is 11.9. The maximum absolute atomic E-state index is 12.2. The number of ketones is 1. The molecular formula is C23H31ClO3. The van der Waals surface area contributed by atoms with Gasteiger partial charge in [-0.05, 0) is 56.1 Å². The average Bonchev–Trinajstić information content (AvgIpc) is 2.64. The predicted octanol–water partition coefficient (Wildman–Crippen LogP) is 6.05. The Labute approximate surface area is 167 Å². The van der Waals surface area contributed by atoms with E-state index in [2.05, 4.69) is 19.9 Å². The zero-order chi connectivity index (χ0) is 20.5. The van der Waals surface area contributed by atoms with Gasteiger partial charge in [-0.1, -0.05) is 56.2 Å². The van der Waals surface area contributed by atoms with Crippen molar-refractivity contribution in [2.24, 2.45) is 17.3 Å². The fourth-order valence-electron chi connectivity index (χ4n) is 3.79. The third-order valence-electron chi connectivity index (χ3n) is 6.66. The van der Waals surface area contributed by atoms with Gasteiger partial charge in [-0.25, -0.2) is 0 Å². The highest BCUT2D eigenvalue weighted by Gasteiger charge is 2.41. The molecule has 1 aromatic rings. The fourth-order valence-corrected chi connectivity index (χ4v) is 4.05. The number of phenolic OH excluding ortho intramolecular Hbond substituents is 2. The van der Waals surface area contributed by atoms with Gasteiger partial charge in [-0.3, -0.25) is 4.79 Å². The lowest BCUT2D eigenvalue weighted by molar-refractivity contribution is -0.129. The second-order valence-electron chi connectivity index (χ2n) is 8.22. The average molecular weight is 391 g/mol. The Hall–Kier alpha value is -1.74. The molecule has 0 heterocycles. The highest BCUT2D eigenvalue weighted by atomic mass is 35.5. The van der Waals surface area contributed by atoms with Crippen molar-refractivity contribution in [3.63, 3.8) is 0 Å². The van der Waals surface area contributed by atoms with Gasteiger partial charge < -0.3 is 10.2 Å². The smallest absolute Gasteiger partial charge is 0.141 e. The molecule has 1 aliphatic carbocycles. The largest absolute Gasteiger partial charge is 0.507 e. The molecule has 148 valence electrons. The summed E-state index contributed by atoms with van der Waals surface area (Å²) in [5.74, 6) is 0.825. The summed E-state index contributed by atoms with van der Waals surface area (Å²) in [5.41, 5.74) is 2.68. The summed E-state index contributed by atoms with van der Waals surface area (Å²) in [7, 11) is 0. The van der Waals surface area contributed by atoms with Crippen LogP contribution in [0.3, 0.4) is 0 Å². The van der Waals surface area contributed by atoms with Gasteiger partial charge in [0, 0.05) is 17.9 Å². The Balaban J connectivity index is 2.25. The summed E-state index contributed by atoms with van der Waals surface area (Å²) in [6.07, 6.45) is 8.14. The van der Waals surface area contributed by atoms with Crippen molar-refractivity contribution in [2.75, 3.05) is 0 Å². The molecule has 0 saturated heterocycles. The molecule has 1 aliphatic rings. The van der Waals surface area contributed by atoms with Gasteiger partial charge in [-0.15, -0.1) is 0 Å². The van der Waals surface area contributed by atoms with Crippen LogP contribution in [0.25, 0.3) is 0 Å². The molecule has 2 rings (SSSR count). The first-order valence-electron chi connectivity index (χ1n) is 9.58. The number of aromatic hydroxyl groups is 2. The van der Waals surface area contributed by atoms with Gasteiger partial charge in [0.05, 0.1) is 5.02 Å². The van der Waals surface area contributed by atoms with E-state index in [0.29, 0.717) is 41.2 Å². The van der Waals surface area contributed by atoms with Crippen LogP contribution in [0.2, 0.25) is 5.02 Å². The minimum Gasteiger partial charge on any atom is -0.507 e. The SMILES string of the molecule is CC(/C=C/C1(C)C(C)CCC(=O)C1C)=C\Cc1c(O)c(C)c(C)c(Cl)c1O. The minimum atomic E-state index is -0.154. The van der Waals surface area contributed by atoms with E-state index >= 15 is 0 Å². The number of phenols is 2. The van der Waals surface area contributed by atoms with Crippen molar-refractivity contribution < 1.29 is 15.0 Å². The van der Waals surface area contributed by atoms with Crippen molar-refractivity contribution in [3.8, 4) is 11.5 Å². The molecule has 0 spiro atoms. The van der Waals surface area contributed by atoms with Crippen molar-refractivity contribution >= 4 is 17.4 Å². The number of hydrogen-bond acceptors (Lipinski definition) is 3. The summed E-state index contributed by atoms with van der Waals surface area (Å²) in [6, 6.07) is 0.